The molecule has 3 aromatic heterocycles. The average Bonchev–Trinajstić information content (AvgIpc) is 3.45. The minimum atomic E-state index is -0.488. The number of hydrogen-bond donors (Lipinski definition) is 0. The lowest BCUT2D eigenvalue weighted by atomic mass is 10.1. The third-order valence-electron chi connectivity index (χ3n) is 5.83. The van der Waals surface area contributed by atoms with Crippen molar-refractivity contribution in [3.63, 3.8) is 0 Å². The lowest BCUT2D eigenvalue weighted by Gasteiger charge is -2.33. The van der Waals surface area contributed by atoms with E-state index in [9.17, 15) is 4.79 Å². The van der Waals surface area contributed by atoms with Gasteiger partial charge in [0, 0.05) is 43.1 Å². The highest BCUT2D eigenvalue weighted by Crippen LogP contribution is 2.27. The van der Waals surface area contributed by atoms with Crippen LogP contribution in [-0.2, 0) is 4.74 Å². The zero-order valence-electron chi connectivity index (χ0n) is 20.4. The Balaban J connectivity index is 1.22. The molecule has 182 valence electrons. The molecule has 1 aliphatic rings. The number of carbonyl (C=O) groups excluding carboxylic acids is 1. The summed E-state index contributed by atoms with van der Waals surface area (Å²) in [5.74, 6) is 2.63. The normalized spacial score (nSPS) is 14.9. The first-order chi connectivity index (χ1) is 16.7. The molecule has 1 aliphatic heterocycles. The molecular formula is C26H29N5O4. The predicted octanol–water partition coefficient (Wildman–Crippen LogP) is 5.16. The summed E-state index contributed by atoms with van der Waals surface area (Å²) in [5.41, 5.74) is 1.42. The molecule has 0 N–H and O–H groups in total. The molecule has 0 radical (unpaired) electrons. The standard InChI is InChI=1S/C26H29N5O4/c1-17-28-24(35-29-17)19-5-7-22-18(15-19)9-14-31(22)23-8-6-21(16-27-23)33-20-10-12-30(13-11-20)25(32)34-26(2,3)4/h5-9,14-16,20H,10-13H2,1-4H3. The highest BCUT2D eigenvalue weighted by molar-refractivity contribution is 5.85. The van der Waals surface area contributed by atoms with Crippen molar-refractivity contribution in [3.05, 3.63) is 54.6 Å². The summed E-state index contributed by atoms with van der Waals surface area (Å²) in [6, 6.07) is 11.9. The molecule has 1 fully saturated rings. The van der Waals surface area contributed by atoms with Crippen LogP contribution >= 0.6 is 0 Å². The lowest BCUT2D eigenvalue weighted by Crippen LogP contribution is -2.44. The van der Waals surface area contributed by atoms with Crippen LogP contribution in [0.15, 0.2) is 53.3 Å². The minimum absolute atomic E-state index is 0.0421. The van der Waals surface area contributed by atoms with Gasteiger partial charge in [0.1, 0.15) is 23.3 Å². The Morgan fingerprint density at radius 3 is 2.57 bits per heavy atom. The number of hydrogen-bond acceptors (Lipinski definition) is 7. The molecule has 5 rings (SSSR count). The van der Waals surface area contributed by atoms with Crippen LogP contribution in [0.4, 0.5) is 4.79 Å². The molecule has 1 amide bonds. The van der Waals surface area contributed by atoms with E-state index in [4.69, 9.17) is 14.0 Å². The first-order valence-electron chi connectivity index (χ1n) is 11.8. The van der Waals surface area contributed by atoms with Gasteiger partial charge in [0.25, 0.3) is 5.89 Å². The number of carbonyl (C=O) groups is 1. The van der Waals surface area contributed by atoms with Gasteiger partial charge in [0.2, 0.25) is 0 Å². The zero-order valence-corrected chi connectivity index (χ0v) is 20.4. The summed E-state index contributed by atoms with van der Waals surface area (Å²) in [6.07, 6.45) is 5.02. The van der Waals surface area contributed by atoms with Gasteiger partial charge in [0.15, 0.2) is 5.82 Å². The Morgan fingerprint density at radius 2 is 1.91 bits per heavy atom. The highest BCUT2D eigenvalue weighted by atomic mass is 16.6. The van der Waals surface area contributed by atoms with Crippen LogP contribution in [0.25, 0.3) is 28.2 Å². The quantitative estimate of drug-likeness (QED) is 0.402. The van der Waals surface area contributed by atoms with E-state index in [0.29, 0.717) is 24.8 Å². The van der Waals surface area contributed by atoms with Gasteiger partial charge in [-0.1, -0.05) is 5.16 Å². The van der Waals surface area contributed by atoms with Gasteiger partial charge in [-0.05, 0) is 64.1 Å². The maximum absolute atomic E-state index is 12.3. The first kappa shape index (κ1) is 22.9. The molecule has 0 spiro atoms. The number of nitrogens with zero attached hydrogens (tertiary/aromatic N) is 5. The molecule has 0 aliphatic carbocycles. The fourth-order valence-corrected chi connectivity index (χ4v) is 4.15. The summed E-state index contributed by atoms with van der Waals surface area (Å²) in [4.78, 5) is 22.9. The zero-order chi connectivity index (χ0) is 24.6. The van der Waals surface area contributed by atoms with E-state index in [1.165, 1.54) is 0 Å². The SMILES string of the molecule is Cc1noc(-c2ccc3c(ccn3-c3ccc(OC4CCN(C(=O)OC(C)(C)C)CC4)cn3)c2)n1. The number of aromatic nitrogens is 4. The van der Waals surface area contributed by atoms with E-state index < -0.39 is 5.60 Å². The molecule has 4 heterocycles. The predicted molar refractivity (Wildman–Crippen MR) is 131 cm³/mol. The number of likely N-dealkylation sites (tertiary alicyclic amines) is 1. The Morgan fingerprint density at radius 1 is 1.11 bits per heavy atom. The van der Waals surface area contributed by atoms with Crippen molar-refractivity contribution in [3.8, 4) is 23.0 Å². The molecule has 0 bridgehead atoms. The van der Waals surface area contributed by atoms with Crippen molar-refractivity contribution in [1.82, 2.24) is 24.6 Å². The summed E-state index contributed by atoms with van der Waals surface area (Å²) in [6.45, 7) is 8.66. The third kappa shape index (κ3) is 5.13. The van der Waals surface area contributed by atoms with Crippen LogP contribution in [0, 0.1) is 6.92 Å². The molecule has 0 atom stereocenters. The number of fused-ring (bicyclic) bond motifs is 1. The number of rotatable bonds is 4. The molecule has 1 aromatic carbocycles. The summed E-state index contributed by atoms with van der Waals surface area (Å²) in [7, 11) is 0. The topological polar surface area (TPSA) is 95.5 Å². The highest BCUT2D eigenvalue weighted by Gasteiger charge is 2.27. The van der Waals surface area contributed by atoms with Gasteiger partial charge in [0.05, 0.1) is 11.7 Å². The van der Waals surface area contributed by atoms with Gasteiger partial charge in [-0.15, -0.1) is 0 Å². The average molecular weight is 476 g/mol. The van der Waals surface area contributed by atoms with Crippen LogP contribution in [-0.4, -0.2) is 55.5 Å². The molecule has 1 saturated heterocycles. The van der Waals surface area contributed by atoms with Crippen molar-refractivity contribution < 1.29 is 18.8 Å². The fourth-order valence-electron chi connectivity index (χ4n) is 4.15. The first-order valence-corrected chi connectivity index (χ1v) is 11.8. The van der Waals surface area contributed by atoms with Gasteiger partial charge >= 0.3 is 6.09 Å². The van der Waals surface area contributed by atoms with Crippen LogP contribution in [0.5, 0.6) is 5.75 Å². The monoisotopic (exact) mass is 475 g/mol. The lowest BCUT2D eigenvalue weighted by molar-refractivity contribution is 0.0126. The molecule has 0 unspecified atom stereocenters. The molecule has 9 nitrogen and oxygen atoms in total. The van der Waals surface area contributed by atoms with Gasteiger partial charge < -0.3 is 23.5 Å². The summed E-state index contributed by atoms with van der Waals surface area (Å²) >= 11 is 0. The van der Waals surface area contributed by atoms with E-state index >= 15 is 0 Å². The van der Waals surface area contributed by atoms with E-state index in [1.807, 2.05) is 67.9 Å². The summed E-state index contributed by atoms with van der Waals surface area (Å²) in [5, 5.41) is 4.92. The van der Waals surface area contributed by atoms with E-state index in [0.717, 1.165) is 40.9 Å². The third-order valence-corrected chi connectivity index (χ3v) is 5.83. The van der Waals surface area contributed by atoms with E-state index in [2.05, 4.69) is 15.1 Å². The Bertz CT molecular complexity index is 1330. The fraction of sp³-hybridized carbons (Fsp3) is 0.385. The van der Waals surface area contributed by atoms with Crippen LogP contribution in [0.2, 0.25) is 0 Å². The van der Waals surface area contributed by atoms with Gasteiger partial charge in [-0.2, -0.15) is 4.98 Å². The van der Waals surface area contributed by atoms with Crippen molar-refractivity contribution >= 4 is 17.0 Å². The number of benzene rings is 1. The van der Waals surface area contributed by atoms with Crippen LogP contribution in [0.1, 0.15) is 39.4 Å². The second-order valence-corrected chi connectivity index (χ2v) is 9.74. The molecule has 4 aromatic rings. The maximum atomic E-state index is 12.3. The molecule has 9 heteroatoms. The van der Waals surface area contributed by atoms with Crippen LogP contribution < -0.4 is 4.74 Å². The molecule has 0 saturated carbocycles. The van der Waals surface area contributed by atoms with Crippen LogP contribution in [0.3, 0.4) is 0 Å². The number of piperidine rings is 1. The Labute approximate surface area is 203 Å². The maximum Gasteiger partial charge on any atom is 0.410 e. The minimum Gasteiger partial charge on any atom is -0.489 e. The Hall–Kier alpha value is -3.88. The number of ether oxygens (including phenoxy) is 2. The van der Waals surface area contributed by atoms with Gasteiger partial charge in [-0.25, -0.2) is 9.78 Å². The second kappa shape index (κ2) is 9.05. The van der Waals surface area contributed by atoms with E-state index in [-0.39, 0.29) is 12.2 Å². The van der Waals surface area contributed by atoms with Crippen molar-refractivity contribution in [2.45, 2.75) is 52.2 Å². The molecular weight excluding hydrogens is 446 g/mol. The number of aryl methyl sites for hydroxylation is 1. The smallest absolute Gasteiger partial charge is 0.410 e. The second-order valence-electron chi connectivity index (χ2n) is 9.74. The van der Waals surface area contributed by atoms with E-state index in [1.54, 1.807) is 18.0 Å². The van der Waals surface area contributed by atoms with Crippen molar-refractivity contribution in [2.24, 2.45) is 0 Å². The van der Waals surface area contributed by atoms with Gasteiger partial charge in [-0.3, -0.25) is 0 Å². The molecule has 35 heavy (non-hydrogen) atoms. The Kier molecular flexibility index (Phi) is 5.92. The largest absolute Gasteiger partial charge is 0.489 e. The van der Waals surface area contributed by atoms with Crippen molar-refractivity contribution in [2.75, 3.05) is 13.1 Å². The number of amides is 1. The van der Waals surface area contributed by atoms with Crippen molar-refractivity contribution in [1.29, 1.82) is 0 Å². The summed E-state index contributed by atoms with van der Waals surface area (Å²) < 4.78 is 18.9. The number of pyridine rings is 1.